The number of rotatable bonds is 11. The van der Waals surface area contributed by atoms with Gasteiger partial charge in [0, 0.05) is 37.7 Å². The van der Waals surface area contributed by atoms with Crippen LogP contribution in [0, 0.1) is 11.6 Å². The third kappa shape index (κ3) is 5.82. The largest absolute Gasteiger partial charge is 0.748 e. The molecule has 1 unspecified atom stereocenters. The minimum atomic E-state index is -4.29. The van der Waals surface area contributed by atoms with Crippen molar-refractivity contribution in [2.45, 2.75) is 64.2 Å². The van der Waals surface area contributed by atoms with Crippen LogP contribution in [0.4, 0.5) is 14.5 Å². The van der Waals surface area contributed by atoms with E-state index in [2.05, 4.69) is 0 Å². The van der Waals surface area contributed by atoms with Crippen LogP contribution < -0.4 is 0 Å². The number of aliphatic carboxylic acids is 1. The van der Waals surface area contributed by atoms with Gasteiger partial charge in [-0.25, -0.2) is 17.2 Å². The fourth-order valence-corrected chi connectivity index (χ4v) is 4.61. The first-order valence-electron chi connectivity index (χ1n) is 9.72. The van der Waals surface area contributed by atoms with Gasteiger partial charge in [0.25, 0.3) is 0 Å². The quantitative estimate of drug-likeness (QED) is 0.327. The zero-order valence-electron chi connectivity index (χ0n) is 16.7. The van der Waals surface area contributed by atoms with Crippen molar-refractivity contribution in [1.82, 2.24) is 0 Å². The van der Waals surface area contributed by atoms with Gasteiger partial charge in [-0.1, -0.05) is 6.42 Å². The number of hydrogen-bond acceptors (Lipinski definition) is 4. The molecule has 1 aromatic rings. The number of carboxylic acid groups (broad SMARTS) is 1. The second-order valence-corrected chi connectivity index (χ2v) is 9.30. The summed E-state index contributed by atoms with van der Waals surface area (Å²) in [4.78, 5) is 10.6. The highest BCUT2D eigenvalue weighted by atomic mass is 32.2. The number of nitrogens with zero attached hydrogens (tertiary/aromatic N) is 1. The number of carbonyl (C=O) groups is 1. The monoisotopic (exact) mass is 431 g/mol. The minimum absolute atomic E-state index is 0.0862. The molecule has 0 fully saturated rings. The van der Waals surface area contributed by atoms with E-state index in [-0.39, 0.29) is 12.8 Å². The average Bonchev–Trinajstić information content (AvgIpc) is 2.79. The van der Waals surface area contributed by atoms with E-state index in [0.717, 1.165) is 11.8 Å². The van der Waals surface area contributed by atoms with Crippen molar-refractivity contribution in [1.29, 1.82) is 0 Å². The maximum Gasteiger partial charge on any atom is 0.303 e. The summed E-state index contributed by atoms with van der Waals surface area (Å²) < 4.78 is 63.0. The van der Waals surface area contributed by atoms with E-state index >= 15 is 0 Å². The lowest BCUT2D eigenvalue weighted by Crippen LogP contribution is -2.31. The molecule has 1 aliphatic rings. The molecule has 6 nitrogen and oxygen atoms in total. The number of carboxylic acids is 1. The Kier molecular flexibility index (Phi) is 7.50. The molecule has 0 spiro atoms. The van der Waals surface area contributed by atoms with Gasteiger partial charge in [-0.15, -0.1) is 0 Å². The molecule has 0 amide bonds. The summed E-state index contributed by atoms with van der Waals surface area (Å²) in [5.41, 5.74) is 0.935. The lowest BCUT2D eigenvalue weighted by Gasteiger charge is -2.22. The number of fused-ring (bicyclic) bond motifs is 1. The predicted octanol–water partition coefficient (Wildman–Crippen LogP) is 3.70. The summed E-state index contributed by atoms with van der Waals surface area (Å²) >= 11 is 0. The molecule has 0 radical (unpaired) electrons. The molecule has 29 heavy (non-hydrogen) atoms. The van der Waals surface area contributed by atoms with Crippen molar-refractivity contribution < 1.29 is 36.2 Å². The summed E-state index contributed by atoms with van der Waals surface area (Å²) in [6, 6.07) is 2.15. The Labute approximate surface area is 170 Å². The topological polar surface area (TPSA) is 97.5 Å². The third-order valence-electron chi connectivity index (χ3n) is 5.67. The average molecular weight is 432 g/mol. The van der Waals surface area contributed by atoms with Gasteiger partial charge in [0.2, 0.25) is 5.69 Å². The molecule has 1 aromatic carbocycles. The fourth-order valence-electron chi connectivity index (χ4n) is 4.05. The van der Waals surface area contributed by atoms with Gasteiger partial charge in [0.05, 0.1) is 21.1 Å². The Morgan fingerprint density at radius 1 is 1.17 bits per heavy atom. The first-order valence-corrected chi connectivity index (χ1v) is 11.3. The van der Waals surface area contributed by atoms with Crippen LogP contribution in [0.1, 0.15) is 64.4 Å². The summed E-state index contributed by atoms with van der Waals surface area (Å²) in [6.07, 6.45) is 3.00. The van der Waals surface area contributed by atoms with Gasteiger partial charge >= 0.3 is 5.97 Å². The van der Waals surface area contributed by atoms with Gasteiger partial charge in [0.1, 0.15) is 18.2 Å². The molecular formula is C20H27F2NO5S. The van der Waals surface area contributed by atoms with Gasteiger partial charge in [-0.05, 0) is 32.6 Å². The molecule has 1 atom stereocenters. The number of unbranched alkanes of at least 4 members (excludes halogenated alkanes) is 3. The summed E-state index contributed by atoms with van der Waals surface area (Å²) in [6.45, 7) is 4.20. The number of benzene rings is 1. The SMILES string of the molecule is CC1=[N+](CCCCCC(=O)O)c2cc(F)cc(F)c2C1(C)CCCCS(=O)(=O)[O-]. The molecule has 0 saturated carbocycles. The van der Waals surface area contributed by atoms with E-state index in [4.69, 9.17) is 5.11 Å². The molecule has 0 saturated heterocycles. The van der Waals surface area contributed by atoms with Gasteiger partial charge in [-0.2, -0.15) is 4.58 Å². The first-order chi connectivity index (χ1) is 13.5. The van der Waals surface area contributed by atoms with Crippen molar-refractivity contribution in [3.8, 4) is 0 Å². The van der Waals surface area contributed by atoms with Gasteiger partial charge in [-0.3, -0.25) is 4.79 Å². The van der Waals surface area contributed by atoms with Crippen LogP contribution in [0.15, 0.2) is 12.1 Å². The van der Waals surface area contributed by atoms with Crippen molar-refractivity contribution in [3.63, 3.8) is 0 Å². The van der Waals surface area contributed by atoms with E-state index in [0.29, 0.717) is 49.9 Å². The fraction of sp³-hybridized carbons (Fsp3) is 0.600. The van der Waals surface area contributed by atoms with Crippen molar-refractivity contribution in [2.75, 3.05) is 12.3 Å². The summed E-state index contributed by atoms with van der Waals surface area (Å²) in [5, 5.41) is 8.72. The molecule has 0 aromatic heterocycles. The van der Waals surface area contributed by atoms with Crippen LogP contribution in [0.3, 0.4) is 0 Å². The molecule has 2 rings (SSSR count). The second kappa shape index (κ2) is 9.30. The van der Waals surface area contributed by atoms with Gasteiger partial charge < -0.3 is 9.66 Å². The van der Waals surface area contributed by atoms with Crippen LogP contribution in [-0.2, 0) is 20.3 Å². The number of hydrogen-bond donors (Lipinski definition) is 1. The van der Waals surface area contributed by atoms with Crippen LogP contribution in [0.25, 0.3) is 0 Å². The highest BCUT2D eigenvalue weighted by molar-refractivity contribution is 7.85. The molecule has 0 aliphatic carbocycles. The van der Waals surface area contributed by atoms with E-state index in [9.17, 15) is 26.5 Å². The Hall–Kier alpha value is -1.87. The summed E-state index contributed by atoms with van der Waals surface area (Å²) in [5.74, 6) is -2.64. The van der Waals surface area contributed by atoms with E-state index in [1.165, 1.54) is 6.07 Å². The van der Waals surface area contributed by atoms with E-state index in [1.807, 2.05) is 18.4 Å². The molecular weight excluding hydrogens is 404 g/mol. The van der Waals surface area contributed by atoms with Crippen LogP contribution in [0.2, 0.25) is 0 Å². The Morgan fingerprint density at radius 2 is 1.86 bits per heavy atom. The smallest absolute Gasteiger partial charge is 0.303 e. The second-order valence-electron chi connectivity index (χ2n) is 7.77. The Morgan fingerprint density at radius 3 is 2.48 bits per heavy atom. The molecule has 162 valence electrons. The third-order valence-corrected chi connectivity index (χ3v) is 6.46. The van der Waals surface area contributed by atoms with Crippen LogP contribution in [-0.4, -0.2) is 46.6 Å². The molecule has 9 heteroatoms. The minimum Gasteiger partial charge on any atom is -0.748 e. The highest BCUT2D eigenvalue weighted by Gasteiger charge is 2.48. The van der Waals surface area contributed by atoms with Crippen molar-refractivity contribution >= 4 is 27.5 Å². The lowest BCUT2D eigenvalue weighted by atomic mass is 9.76. The maximum absolute atomic E-state index is 14.7. The van der Waals surface area contributed by atoms with E-state index in [1.54, 1.807) is 0 Å². The molecule has 1 N–H and O–H groups in total. The number of halogens is 2. The Balaban J connectivity index is 2.22. The highest BCUT2D eigenvalue weighted by Crippen LogP contribution is 2.44. The van der Waals surface area contributed by atoms with Crippen molar-refractivity contribution in [3.05, 3.63) is 29.3 Å². The lowest BCUT2D eigenvalue weighted by molar-refractivity contribution is -0.440. The summed E-state index contributed by atoms with van der Waals surface area (Å²) in [7, 11) is -4.29. The normalized spacial score (nSPS) is 18.9. The molecule has 1 aliphatic heterocycles. The molecule has 1 heterocycles. The predicted molar refractivity (Wildman–Crippen MR) is 104 cm³/mol. The standard InChI is InChI=1S/C20H27F2NO5S/c1-14-20(2,9-5-7-11-29(26,27)28)19-16(22)12-15(21)13-17(19)23(14)10-6-3-4-8-18(24)25/h12-13H,3-11H2,1-2H3,(H-,24,25,26,27,28). The zero-order valence-corrected chi connectivity index (χ0v) is 17.5. The van der Waals surface area contributed by atoms with Crippen molar-refractivity contribution in [2.24, 2.45) is 0 Å². The Bertz CT molecular complexity index is 914. The van der Waals surface area contributed by atoms with Gasteiger partial charge in [0.15, 0.2) is 5.71 Å². The zero-order chi connectivity index (χ0) is 21.8. The first kappa shape index (κ1) is 23.4. The maximum atomic E-state index is 14.7. The van der Waals surface area contributed by atoms with Crippen LogP contribution in [0.5, 0.6) is 0 Å². The molecule has 0 bridgehead atoms. The van der Waals surface area contributed by atoms with E-state index < -0.39 is 38.9 Å². The van der Waals surface area contributed by atoms with Crippen LogP contribution >= 0.6 is 0 Å².